The van der Waals surface area contributed by atoms with Crippen molar-refractivity contribution in [3.63, 3.8) is 0 Å². The van der Waals surface area contributed by atoms with Crippen LogP contribution in [0.25, 0.3) is 0 Å². The fourth-order valence-corrected chi connectivity index (χ4v) is 2.41. The van der Waals surface area contributed by atoms with Gasteiger partial charge in [-0.25, -0.2) is 4.79 Å². The van der Waals surface area contributed by atoms with Crippen molar-refractivity contribution >= 4 is 27.8 Å². The van der Waals surface area contributed by atoms with Gasteiger partial charge in [0.05, 0.1) is 0 Å². The molecule has 0 fully saturated rings. The van der Waals surface area contributed by atoms with Crippen molar-refractivity contribution in [2.45, 2.75) is 17.8 Å². The molecule has 0 aliphatic carbocycles. The van der Waals surface area contributed by atoms with E-state index < -0.39 is 12.0 Å². The predicted molar refractivity (Wildman–Crippen MR) is 88.1 cm³/mol. The second-order valence-corrected chi connectivity index (χ2v) is 5.45. The molecule has 0 aliphatic rings. The number of rotatable bonds is 6. The quantitative estimate of drug-likeness (QED) is 0.777. The van der Waals surface area contributed by atoms with E-state index in [9.17, 15) is 14.7 Å². The Morgan fingerprint density at radius 1 is 1.00 bits per heavy atom. The minimum absolute atomic E-state index is 0.251. The summed E-state index contributed by atoms with van der Waals surface area (Å²) in [4.78, 5) is 23.5. The number of carbonyl (C=O) groups is 2. The summed E-state index contributed by atoms with van der Waals surface area (Å²) in [6.45, 7) is 0. The molecule has 2 aromatic carbocycles. The first kappa shape index (κ1) is 16.2. The molecule has 114 valence electrons. The van der Waals surface area contributed by atoms with Gasteiger partial charge in [0, 0.05) is 17.3 Å². The summed E-state index contributed by atoms with van der Waals surface area (Å²) >= 11 is 3.34. The van der Waals surface area contributed by atoms with Crippen LogP contribution in [-0.2, 0) is 16.5 Å². The van der Waals surface area contributed by atoms with Gasteiger partial charge in [-0.2, -0.15) is 0 Å². The summed E-state index contributed by atoms with van der Waals surface area (Å²) < 4.78 is 0. The molecule has 0 aliphatic heterocycles. The molecule has 1 atom stereocenters. The SMILES string of the molecule is O=C(N[C@@H](Cc1ccccc1)C(=O)O)c1ccc(CBr)cc1. The molecule has 0 heterocycles. The first-order chi connectivity index (χ1) is 10.6. The molecule has 0 bridgehead atoms. The van der Waals surface area contributed by atoms with E-state index in [1.165, 1.54) is 0 Å². The number of hydrogen-bond donors (Lipinski definition) is 2. The van der Waals surface area contributed by atoms with E-state index in [2.05, 4.69) is 21.2 Å². The molecular weight excluding hydrogens is 346 g/mol. The Bertz CT molecular complexity index is 641. The minimum atomic E-state index is -1.05. The van der Waals surface area contributed by atoms with Crippen molar-refractivity contribution in [2.75, 3.05) is 0 Å². The van der Waals surface area contributed by atoms with Crippen molar-refractivity contribution in [1.29, 1.82) is 0 Å². The van der Waals surface area contributed by atoms with Crippen LogP contribution in [0, 0.1) is 0 Å². The summed E-state index contributed by atoms with van der Waals surface area (Å²) in [6.07, 6.45) is 0.251. The predicted octanol–water partition coefficient (Wildman–Crippen LogP) is 3.01. The Morgan fingerprint density at radius 2 is 1.64 bits per heavy atom. The van der Waals surface area contributed by atoms with E-state index in [0.29, 0.717) is 10.9 Å². The summed E-state index contributed by atoms with van der Waals surface area (Å²) in [7, 11) is 0. The van der Waals surface area contributed by atoms with Crippen molar-refractivity contribution in [1.82, 2.24) is 5.32 Å². The van der Waals surface area contributed by atoms with Crippen LogP contribution in [-0.4, -0.2) is 23.0 Å². The lowest BCUT2D eigenvalue weighted by Crippen LogP contribution is -2.42. The number of carbonyl (C=O) groups excluding carboxylic acids is 1. The van der Waals surface area contributed by atoms with Crippen molar-refractivity contribution in [2.24, 2.45) is 0 Å². The lowest BCUT2D eigenvalue weighted by molar-refractivity contribution is -0.139. The third-order valence-electron chi connectivity index (χ3n) is 3.26. The van der Waals surface area contributed by atoms with Gasteiger partial charge < -0.3 is 10.4 Å². The van der Waals surface area contributed by atoms with Crippen LogP contribution < -0.4 is 5.32 Å². The van der Waals surface area contributed by atoms with Crippen molar-refractivity contribution < 1.29 is 14.7 Å². The van der Waals surface area contributed by atoms with E-state index in [0.717, 1.165) is 11.1 Å². The van der Waals surface area contributed by atoms with Gasteiger partial charge in [0.25, 0.3) is 5.91 Å². The molecule has 4 nitrogen and oxygen atoms in total. The number of benzene rings is 2. The van der Waals surface area contributed by atoms with Gasteiger partial charge in [0.2, 0.25) is 0 Å². The molecule has 0 spiro atoms. The summed E-state index contributed by atoms with van der Waals surface area (Å²) in [5.41, 5.74) is 2.37. The van der Waals surface area contributed by atoms with Gasteiger partial charge in [-0.15, -0.1) is 0 Å². The van der Waals surface area contributed by atoms with E-state index in [4.69, 9.17) is 0 Å². The van der Waals surface area contributed by atoms with Crippen LogP contribution in [0.4, 0.5) is 0 Å². The highest BCUT2D eigenvalue weighted by Crippen LogP contribution is 2.09. The second-order valence-electron chi connectivity index (χ2n) is 4.88. The summed E-state index contributed by atoms with van der Waals surface area (Å²) in [5.74, 6) is -1.43. The van der Waals surface area contributed by atoms with Crippen molar-refractivity contribution in [3.8, 4) is 0 Å². The highest BCUT2D eigenvalue weighted by molar-refractivity contribution is 9.08. The molecule has 0 unspecified atom stereocenters. The van der Waals surface area contributed by atoms with Gasteiger partial charge in [0.1, 0.15) is 6.04 Å². The topological polar surface area (TPSA) is 66.4 Å². The number of alkyl halides is 1. The molecule has 0 radical (unpaired) electrons. The van der Waals surface area contributed by atoms with Crippen LogP contribution in [0.2, 0.25) is 0 Å². The van der Waals surface area contributed by atoms with Crippen molar-refractivity contribution in [3.05, 3.63) is 71.3 Å². The molecule has 2 N–H and O–H groups in total. The maximum atomic E-state index is 12.2. The number of amides is 1. The Kier molecular flexibility index (Phi) is 5.72. The second kappa shape index (κ2) is 7.75. The Hall–Kier alpha value is -2.14. The van der Waals surface area contributed by atoms with Crippen LogP contribution in [0.3, 0.4) is 0 Å². The monoisotopic (exact) mass is 361 g/mol. The maximum absolute atomic E-state index is 12.2. The number of halogens is 1. The number of carboxylic acids is 1. The first-order valence-electron chi connectivity index (χ1n) is 6.82. The van der Waals surface area contributed by atoms with E-state index in [1.54, 1.807) is 12.1 Å². The normalized spacial score (nSPS) is 11.7. The third kappa shape index (κ3) is 4.43. The van der Waals surface area contributed by atoms with Crippen LogP contribution in [0.5, 0.6) is 0 Å². The van der Waals surface area contributed by atoms with Crippen LogP contribution in [0.15, 0.2) is 54.6 Å². The highest BCUT2D eigenvalue weighted by Gasteiger charge is 2.21. The minimum Gasteiger partial charge on any atom is -0.480 e. The number of nitrogens with one attached hydrogen (secondary N) is 1. The molecule has 2 aromatic rings. The smallest absolute Gasteiger partial charge is 0.326 e. The fourth-order valence-electron chi connectivity index (χ4n) is 2.04. The zero-order valence-corrected chi connectivity index (χ0v) is 13.4. The Balaban J connectivity index is 2.06. The largest absolute Gasteiger partial charge is 0.480 e. The number of aliphatic carboxylic acids is 1. The third-order valence-corrected chi connectivity index (χ3v) is 3.90. The van der Waals surface area contributed by atoms with E-state index in [1.807, 2.05) is 42.5 Å². The lowest BCUT2D eigenvalue weighted by atomic mass is 10.1. The Labute approximate surface area is 137 Å². The summed E-state index contributed by atoms with van der Waals surface area (Å²) in [6, 6.07) is 15.3. The van der Waals surface area contributed by atoms with Gasteiger partial charge >= 0.3 is 5.97 Å². The zero-order valence-electron chi connectivity index (χ0n) is 11.8. The number of carboxylic acid groups (broad SMARTS) is 1. The molecule has 5 heteroatoms. The molecule has 1 amide bonds. The highest BCUT2D eigenvalue weighted by atomic mass is 79.9. The van der Waals surface area contributed by atoms with Gasteiger partial charge in [-0.1, -0.05) is 58.4 Å². The fraction of sp³-hybridized carbons (Fsp3) is 0.176. The maximum Gasteiger partial charge on any atom is 0.326 e. The lowest BCUT2D eigenvalue weighted by Gasteiger charge is -2.15. The molecule has 0 aromatic heterocycles. The molecule has 2 rings (SSSR count). The number of hydrogen-bond acceptors (Lipinski definition) is 2. The van der Waals surface area contributed by atoms with Gasteiger partial charge in [0.15, 0.2) is 0 Å². The average molecular weight is 362 g/mol. The molecule has 0 saturated carbocycles. The standard InChI is InChI=1S/C17H16BrNO3/c18-11-13-6-8-14(9-7-13)16(20)19-15(17(21)22)10-12-4-2-1-3-5-12/h1-9,15H,10-11H2,(H,19,20)(H,21,22)/t15-/m0/s1. The first-order valence-corrected chi connectivity index (χ1v) is 7.95. The molecule has 0 saturated heterocycles. The van der Waals surface area contributed by atoms with Crippen LogP contribution in [0.1, 0.15) is 21.5 Å². The Morgan fingerprint density at radius 3 is 2.18 bits per heavy atom. The molecular formula is C17H16BrNO3. The van der Waals surface area contributed by atoms with E-state index in [-0.39, 0.29) is 12.3 Å². The van der Waals surface area contributed by atoms with E-state index >= 15 is 0 Å². The zero-order chi connectivity index (χ0) is 15.9. The molecule has 22 heavy (non-hydrogen) atoms. The van der Waals surface area contributed by atoms with Gasteiger partial charge in [-0.3, -0.25) is 4.79 Å². The van der Waals surface area contributed by atoms with Crippen LogP contribution >= 0.6 is 15.9 Å². The average Bonchev–Trinajstić information content (AvgIpc) is 2.55. The summed E-state index contributed by atoms with van der Waals surface area (Å²) in [5, 5.41) is 12.6. The van der Waals surface area contributed by atoms with Gasteiger partial charge in [-0.05, 0) is 23.3 Å².